The third-order valence-corrected chi connectivity index (χ3v) is 3.97. The molecular weight excluding hydrogens is 226 g/mol. The average molecular weight is 238 g/mol. The first-order valence-corrected chi connectivity index (χ1v) is 5.90. The lowest BCUT2D eigenvalue weighted by Crippen LogP contribution is -1.87. The van der Waals surface area contributed by atoms with Gasteiger partial charge in [0.25, 0.3) is 0 Å². The van der Waals surface area contributed by atoms with Gasteiger partial charge in [-0.15, -0.1) is 11.3 Å². The van der Waals surface area contributed by atoms with Crippen LogP contribution >= 0.6 is 22.9 Å². The zero-order chi connectivity index (χ0) is 11.0. The molecule has 2 N–H and O–H groups in total. The minimum absolute atomic E-state index is 0.790. The molecule has 0 amide bonds. The van der Waals surface area contributed by atoms with Gasteiger partial charge in [-0.1, -0.05) is 17.7 Å². The molecule has 0 fully saturated rings. The van der Waals surface area contributed by atoms with E-state index in [-0.39, 0.29) is 0 Å². The summed E-state index contributed by atoms with van der Waals surface area (Å²) in [7, 11) is 0. The number of aryl methyl sites for hydroxylation is 2. The van der Waals surface area contributed by atoms with Crippen LogP contribution < -0.4 is 5.73 Å². The first-order valence-electron chi connectivity index (χ1n) is 4.70. The Labute approximate surface area is 98.5 Å². The van der Waals surface area contributed by atoms with Crippen LogP contribution in [0.2, 0.25) is 4.34 Å². The molecule has 3 heteroatoms. The zero-order valence-corrected chi connectivity index (χ0v) is 10.2. The van der Waals surface area contributed by atoms with Crippen molar-refractivity contribution < 1.29 is 0 Å². The van der Waals surface area contributed by atoms with Gasteiger partial charge in [-0.2, -0.15) is 0 Å². The molecule has 0 radical (unpaired) electrons. The molecule has 2 rings (SSSR count). The molecule has 0 atom stereocenters. The number of halogens is 1. The third-order valence-electron chi connectivity index (χ3n) is 2.38. The highest BCUT2D eigenvalue weighted by molar-refractivity contribution is 7.19. The van der Waals surface area contributed by atoms with E-state index in [1.807, 2.05) is 25.1 Å². The second kappa shape index (κ2) is 3.87. The Bertz CT molecular complexity index is 483. The minimum Gasteiger partial charge on any atom is -0.399 e. The number of nitrogens with two attached hydrogens (primary N) is 1. The van der Waals surface area contributed by atoms with Gasteiger partial charge in [0.05, 0.1) is 4.34 Å². The van der Waals surface area contributed by atoms with Crippen molar-refractivity contribution in [1.29, 1.82) is 0 Å². The van der Waals surface area contributed by atoms with Crippen LogP contribution in [0.5, 0.6) is 0 Å². The summed E-state index contributed by atoms with van der Waals surface area (Å²) < 4.78 is 0.854. The molecule has 15 heavy (non-hydrogen) atoms. The number of rotatable bonds is 1. The second-order valence-corrected chi connectivity index (χ2v) is 5.30. The predicted molar refractivity (Wildman–Crippen MR) is 68.7 cm³/mol. The van der Waals surface area contributed by atoms with Gasteiger partial charge in [-0.25, -0.2) is 0 Å². The monoisotopic (exact) mass is 237 g/mol. The quantitative estimate of drug-likeness (QED) is 0.737. The number of benzene rings is 1. The van der Waals surface area contributed by atoms with Crippen LogP contribution in [-0.4, -0.2) is 0 Å². The Morgan fingerprint density at radius 3 is 2.47 bits per heavy atom. The largest absolute Gasteiger partial charge is 0.399 e. The Kier molecular flexibility index (Phi) is 2.72. The summed E-state index contributed by atoms with van der Waals surface area (Å²) in [6.45, 7) is 4.10. The molecule has 0 unspecified atom stereocenters. The highest BCUT2D eigenvalue weighted by Gasteiger charge is 2.08. The van der Waals surface area contributed by atoms with E-state index >= 15 is 0 Å². The van der Waals surface area contributed by atoms with Crippen molar-refractivity contribution in [3.8, 4) is 10.4 Å². The predicted octanol–water partition coefficient (Wildman–Crippen LogP) is 4.27. The maximum absolute atomic E-state index is 6.06. The third kappa shape index (κ3) is 2.01. The number of thiophene rings is 1. The maximum Gasteiger partial charge on any atom is 0.0963 e. The van der Waals surface area contributed by atoms with E-state index in [0.717, 1.165) is 15.6 Å². The molecule has 78 valence electrons. The summed E-state index contributed by atoms with van der Waals surface area (Å²) in [6.07, 6.45) is 0. The van der Waals surface area contributed by atoms with E-state index in [1.165, 1.54) is 16.0 Å². The fourth-order valence-corrected chi connectivity index (χ4v) is 2.78. The van der Waals surface area contributed by atoms with Gasteiger partial charge in [-0.3, -0.25) is 0 Å². The SMILES string of the molecule is Cc1ccc(N)cc1-c1cc(C)c(Cl)s1. The lowest BCUT2D eigenvalue weighted by Gasteiger charge is -2.03. The number of hydrogen-bond donors (Lipinski definition) is 1. The molecule has 0 aliphatic heterocycles. The van der Waals surface area contributed by atoms with Crippen LogP contribution in [0.15, 0.2) is 24.3 Å². The number of hydrogen-bond acceptors (Lipinski definition) is 2. The van der Waals surface area contributed by atoms with Crippen molar-refractivity contribution in [3.05, 3.63) is 39.7 Å². The molecule has 0 aliphatic carbocycles. The molecule has 0 saturated heterocycles. The van der Waals surface area contributed by atoms with Crippen molar-refractivity contribution >= 4 is 28.6 Å². The summed E-state index contributed by atoms with van der Waals surface area (Å²) >= 11 is 7.66. The van der Waals surface area contributed by atoms with Crippen molar-refractivity contribution in [3.63, 3.8) is 0 Å². The van der Waals surface area contributed by atoms with Gasteiger partial charge in [0.2, 0.25) is 0 Å². The maximum atomic E-state index is 6.06. The highest BCUT2D eigenvalue weighted by Crippen LogP contribution is 2.36. The molecule has 0 saturated carbocycles. The Balaban J connectivity index is 2.58. The second-order valence-electron chi connectivity index (χ2n) is 3.64. The summed E-state index contributed by atoms with van der Waals surface area (Å²) in [5.41, 5.74) is 10.1. The first kappa shape index (κ1) is 10.5. The first-order chi connectivity index (χ1) is 7.08. The lowest BCUT2D eigenvalue weighted by atomic mass is 10.1. The summed E-state index contributed by atoms with van der Waals surface area (Å²) in [4.78, 5) is 1.18. The topological polar surface area (TPSA) is 26.0 Å². The van der Waals surface area contributed by atoms with Crippen LogP contribution in [0.4, 0.5) is 5.69 Å². The zero-order valence-electron chi connectivity index (χ0n) is 8.67. The molecule has 1 nitrogen and oxygen atoms in total. The molecule has 0 bridgehead atoms. The van der Waals surface area contributed by atoms with Gasteiger partial charge in [-0.05, 0) is 48.7 Å². The number of anilines is 1. The van der Waals surface area contributed by atoms with Crippen LogP contribution in [0.1, 0.15) is 11.1 Å². The van der Waals surface area contributed by atoms with Crippen LogP contribution in [-0.2, 0) is 0 Å². The Morgan fingerprint density at radius 2 is 1.87 bits per heavy atom. The van der Waals surface area contributed by atoms with Crippen molar-refractivity contribution in [1.82, 2.24) is 0 Å². The smallest absolute Gasteiger partial charge is 0.0963 e. The van der Waals surface area contributed by atoms with Crippen LogP contribution in [0.25, 0.3) is 10.4 Å². The van der Waals surface area contributed by atoms with Crippen LogP contribution in [0.3, 0.4) is 0 Å². The minimum atomic E-state index is 0.790. The molecule has 1 aromatic carbocycles. The average Bonchev–Trinajstić information content (AvgIpc) is 2.51. The Morgan fingerprint density at radius 1 is 1.13 bits per heavy atom. The fraction of sp³-hybridized carbons (Fsp3) is 0.167. The van der Waals surface area contributed by atoms with E-state index in [4.69, 9.17) is 17.3 Å². The molecule has 1 heterocycles. The molecule has 2 aromatic rings. The van der Waals surface area contributed by atoms with E-state index in [2.05, 4.69) is 13.0 Å². The molecule has 0 spiro atoms. The Hall–Kier alpha value is -0.990. The standard InChI is InChI=1S/C12H12ClNS/c1-7-3-4-9(14)6-10(7)11-5-8(2)12(13)15-11/h3-6H,14H2,1-2H3. The summed E-state index contributed by atoms with van der Waals surface area (Å²) in [5, 5.41) is 0. The molecular formula is C12H12ClNS. The van der Waals surface area contributed by atoms with Gasteiger partial charge >= 0.3 is 0 Å². The van der Waals surface area contributed by atoms with E-state index in [9.17, 15) is 0 Å². The lowest BCUT2D eigenvalue weighted by molar-refractivity contribution is 1.47. The molecule has 1 aromatic heterocycles. The normalized spacial score (nSPS) is 10.6. The van der Waals surface area contributed by atoms with E-state index in [1.54, 1.807) is 11.3 Å². The number of nitrogen functional groups attached to an aromatic ring is 1. The van der Waals surface area contributed by atoms with E-state index in [0.29, 0.717) is 0 Å². The molecule has 0 aliphatic rings. The van der Waals surface area contributed by atoms with E-state index < -0.39 is 0 Å². The van der Waals surface area contributed by atoms with Gasteiger partial charge in [0.15, 0.2) is 0 Å². The van der Waals surface area contributed by atoms with Gasteiger partial charge < -0.3 is 5.73 Å². The van der Waals surface area contributed by atoms with Gasteiger partial charge in [0.1, 0.15) is 0 Å². The summed E-state index contributed by atoms with van der Waals surface area (Å²) in [5.74, 6) is 0. The summed E-state index contributed by atoms with van der Waals surface area (Å²) in [6, 6.07) is 8.06. The van der Waals surface area contributed by atoms with Crippen molar-refractivity contribution in [2.45, 2.75) is 13.8 Å². The van der Waals surface area contributed by atoms with Gasteiger partial charge in [0, 0.05) is 10.6 Å². The van der Waals surface area contributed by atoms with Crippen LogP contribution in [0, 0.1) is 13.8 Å². The highest BCUT2D eigenvalue weighted by atomic mass is 35.5. The fourth-order valence-electron chi connectivity index (χ4n) is 1.50. The van der Waals surface area contributed by atoms with Crippen molar-refractivity contribution in [2.75, 3.05) is 5.73 Å². The van der Waals surface area contributed by atoms with Crippen molar-refractivity contribution in [2.24, 2.45) is 0 Å².